The molecule has 1 aromatic rings. The van der Waals surface area contributed by atoms with Gasteiger partial charge in [0.15, 0.2) is 11.5 Å². The highest BCUT2D eigenvalue weighted by Crippen LogP contribution is 2.51. The van der Waals surface area contributed by atoms with Gasteiger partial charge in [-0.3, -0.25) is 4.79 Å². The van der Waals surface area contributed by atoms with E-state index < -0.39 is 5.97 Å². The predicted molar refractivity (Wildman–Crippen MR) is 83.0 cm³/mol. The maximum atomic E-state index is 11.2. The van der Waals surface area contributed by atoms with Crippen LogP contribution in [0.5, 0.6) is 17.2 Å². The van der Waals surface area contributed by atoms with Gasteiger partial charge in [0.1, 0.15) is 0 Å². The van der Waals surface area contributed by atoms with Crippen LogP contribution in [0.2, 0.25) is 0 Å². The molecule has 0 bridgehead atoms. The summed E-state index contributed by atoms with van der Waals surface area (Å²) in [5, 5.41) is 9.23. The molecule has 0 spiro atoms. The third-order valence-corrected chi connectivity index (χ3v) is 3.87. The minimum Gasteiger partial charge on any atom is -0.493 e. The van der Waals surface area contributed by atoms with Gasteiger partial charge in [0.2, 0.25) is 5.75 Å². The lowest BCUT2D eigenvalue weighted by Gasteiger charge is -2.23. The SMILES string of the molecule is COc1ccc(C(CC(=O)O)C2CC2)c(OC(C)C)c1OC. The Bertz CT molecular complexity index is 534. The van der Waals surface area contributed by atoms with Gasteiger partial charge in [0.25, 0.3) is 0 Å². The molecule has 5 nitrogen and oxygen atoms in total. The van der Waals surface area contributed by atoms with E-state index in [0.717, 1.165) is 18.4 Å². The lowest BCUT2D eigenvalue weighted by Crippen LogP contribution is -2.14. The number of carboxylic acids is 1. The first-order chi connectivity index (χ1) is 10.5. The summed E-state index contributed by atoms with van der Waals surface area (Å²) in [4.78, 5) is 11.2. The minimum atomic E-state index is -0.790. The number of rotatable bonds is 8. The molecule has 0 aliphatic heterocycles. The Balaban J connectivity index is 2.49. The van der Waals surface area contributed by atoms with E-state index in [1.165, 1.54) is 0 Å². The fourth-order valence-electron chi connectivity index (χ4n) is 2.78. The Morgan fingerprint density at radius 1 is 1.23 bits per heavy atom. The molecule has 0 saturated heterocycles. The standard InChI is InChI=1S/C17H24O5/c1-10(2)22-16-12(7-8-14(20-3)17(16)21-4)13(9-15(18)19)11-5-6-11/h7-8,10-11,13H,5-6,9H2,1-4H3,(H,18,19). The van der Waals surface area contributed by atoms with Crippen LogP contribution in [0.25, 0.3) is 0 Å². The topological polar surface area (TPSA) is 65.0 Å². The molecule has 1 atom stereocenters. The normalized spacial score (nSPS) is 15.5. The Kier molecular flexibility index (Phi) is 5.16. The zero-order valence-electron chi connectivity index (χ0n) is 13.6. The van der Waals surface area contributed by atoms with Gasteiger partial charge in [0, 0.05) is 11.5 Å². The number of hydrogen-bond acceptors (Lipinski definition) is 4. The molecule has 22 heavy (non-hydrogen) atoms. The first-order valence-electron chi connectivity index (χ1n) is 7.61. The molecule has 1 fully saturated rings. The lowest BCUT2D eigenvalue weighted by molar-refractivity contribution is -0.137. The van der Waals surface area contributed by atoms with Crippen LogP contribution in [0.15, 0.2) is 12.1 Å². The maximum Gasteiger partial charge on any atom is 0.303 e. The molecule has 1 aromatic carbocycles. The molecule has 0 heterocycles. The fourth-order valence-corrected chi connectivity index (χ4v) is 2.78. The Labute approximate surface area is 131 Å². The van der Waals surface area contributed by atoms with Crippen molar-refractivity contribution in [2.24, 2.45) is 5.92 Å². The van der Waals surface area contributed by atoms with Crippen LogP contribution < -0.4 is 14.2 Å². The number of carbonyl (C=O) groups is 1. The molecular weight excluding hydrogens is 284 g/mol. The number of methoxy groups -OCH3 is 2. The van der Waals surface area contributed by atoms with Gasteiger partial charge >= 0.3 is 5.97 Å². The summed E-state index contributed by atoms with van der Waals surface area (Å²) >= 11 is 0. The van der Waals surface area contributed by atoms with Crippen LogP contribution in [0.3, 0.4) is 0 Å². The van der Waals surface area contributed by atoms with Crippen molar-refractivity contribution in [3.05, 3.63) is 17.7 Å². The Morgan fingerprint density at radius 2 is 1.91 bits per heavy atom. The first-order valence-corrected chi connectivity index (χ1v) is 7.61. The average molecular weight is 308 g/mol. The Hall–Kier alpha value is -1.91. The van der Waals surface area contributed by atoms with E-state index in [1.807, 2.05) is 26.0 Å². The zero-order valence-corrected chi connectivity index (χ0v) is 13.6. The molecule has 2 rings (SSSR count). The van der Waals surface area contributed by atoms with Gasteiger partial charge in [-0.1, -0.05) is 6.07 Å². The van der Waals surface area contributed by atoms with E-state index in [0.29, 0.717) is 23.2 Å². The second-order valence-corrected chi connectivity index (χ2v) is 5.93. The van der Waals surface area contributed by atoms with E-state index in [1.54, 1.807) is 14.2 Å². The number of carboxylic acid groups (broad SMARTS) is 1. The van der Waals surface area contributed by atoms with Crippen molar-refractivity contribution in [3.63, 3.8) is 0 Å². The van der Waals surface area contributed by atoms with E-state index in [2.05, 4.69) is 0 Å². The molecule has 1 unspecified atom stereocenters. The van der Waals surface area contributed by atoms with Gasteiger partial charge in [0.05, 0.1) is 26.7 Å². The molecule has 1 aliphatic carbocycles. The predicted octanol–water partition coefficient (Wildman–Crippen LogP) is 3.46. The van der Waals surface area contributed by atoms with Crippen molar-refractivity contribution in [3.8, 4) is 17.2 Å². The Morgan fingerprint density at radius 3 is 2.36 bits per heavy atom. The van der Waals surface area contributed by atoms with E-state index in [-0.39, 0.29) is 18.4 Å². The monoisotopic (exact) mass is 308 g/mol. The van der Waals surface area contributed by atoms with Crippen LogP contribution in [-0.4, -0.2) is 31.4 Å². The molecule has 0 radical (unpaired) electrons. The molecule has 0 amide bonds. The van der Waals surface area contributed by atoms with Crippen LogP contribution in [0.4, 0.5) is 0 Å². The van der Waals surface area contributed by atoms with Crippen molar-refractivity contribution in [1.29, 1.82) is 0 Å². The smallest absolute Gasteiger partial charge is 0.303 e. The maximum absolute atomic E-state index is 11.2. The zero-order chi connectivity index (χ0) is 16.3. The summed E-state index contributed by atoms with van der Waals surface area (Å²) in [5.74, 6) is 1.29. The van der Waals surface area contributed by atoms with E-state index in [4.69, 9.17) is 14.2 Å². The third-order valence-electron chi connectivity index (χ3n) is 3.87. The second-order valence-electron chi connectivity index (χ2n) is 5.93. The summed E-state index contributed by atoms with van der Waals surface area (Å²) in [6, 6.07) is 3.73. The highest BCUT2D eigenvalue weighted by molar-refractivity contribution is 5.69. The van der Waals surface area contributed by atoms with E-state index in [9.17, 15) is 9.90 Å². The molecule has 5 heteroatoms. The van der Waals surface area contributed by atoms with Crippen molar-refractivity contribution in [2.75, 3.05) is 14.2 Å². The van der Waals surface area contributed by atoms with Crippen molar-refractivity contribution < 1.29 is 24.1 Å². The van der Waals surface area contributed by atoms with Crippen LogP contribution in [-0.2, 0) is 4.79 Å². The largest absolute Gasteiger partial charge is 0.493 e. The number of aliphatic carboxylic acids is 1. The van der Waals surface area contributed by atoms with Crippen molar-refractivity contribution >= 4 is 5.97 Å². The van der Waals surface area contributed by atoms with Gasteiger partial charge in [-0.2, -0.15) is 0 Å². The molecule has 1 aliphatic rings. The van der Waals surface area contributed by atoms with Crippen LogP contribution >= 0.6 is 0 Å². The molecule has 1 N–H and O–H groups in total. The summed E-state index contributed by atoms with van der Waals surface area (Å²) < 4.78 is 16.7. The molecular formula is C17H24O5. The van der Waals surface area contributed by atoms with Gasteiger partial charge < -0.3 is 19.3 Å². The molecule has 122 valence electrons. The van der Waals surface area contributed by atoms with Gasteiger partial charge in [-0.25, -0.2) is 0 Å². The van der Waals surface area contributed by atoms with E-state index >= 15 is 0 Å². The van der Waals surface area contributed by atoms with Gasteiger partial charge in [-0.15, -0.1) is 0 Å². The first kappa shape index (κ1) is 16.5. The average Bonchev–Trinajstić information content (AvgIpc) is 3.28. The number of benzene rings is 1. The van der Waals surface area contributed by atoms with Crippen molar-refractivity contribution in [1.82, 2.24) is 0 Å². The number of ether oxygens (including phenoxy) is 3. The van der Waals surface area contributed by atoms with Gasteiger partial charge in [-0.05, 0) is 38.7 Å². The summed E-state index contributed by atoms with van der Waals surface area (Å²) in [6.07, 6.45) is 2.19. The quantitative estimate of drug-likeness (QED) is 0.796. The summed E-state index contributed by atoms with van der Waals surface area (Å²) in [7, 11) is 3.14. The minimum absolute atomic E-state index is 0.0376. The summed E-state index contributed by atoms with van der Waals surface area (Å²) in [6.45, 7) is 3.87. The molecule has 1 saturated carbocycles. The fraction of sp³-hybridized carbons (Fsp3) is 0.588. The number of hydrogen-bond donors (Lipinski definition) is 1. The highest BCUT2D eigenvalue weighted by Gasteiger charge is 2.36. The lowest BCUT2D eigenvalue weighted by atomic mass is 9.89. The van der Waals surface area contributed by atoms with Crippen molar-refractivity contribution in [2.45, 2.75) is 45.1 Å². The van der Waals surface area contributed by atoms with Crippen LogP contribution in [0, 0.1) is 5.92 Å². The third kappa shape index (κ3) is 3.64. The summed E-state index contributed by atoms with van der Waals surface area (Å²) in [5.41, 5.74) is 0.899. The highest BCUT2D eigenvalue weighted by atomic mass is 16.5. The van der Waals surface area contributed by atoms with Crippen LogP contribution in [0.1, 0.15) is 44.6 Å². The second kappa shape index (κ2) is 6.90. The molecule has 0 aromatic heterocycles.